The van der Waals surface area contributed by atoms with Crippen LogP contribution in [0.15, 0.2) is 12.1 Å². The molecular weight excluding hydrogens is 253 g/mol. The van der Waals surface area contributed by atoms with Gasteiger partial charge in [0, 0.05) is 11.1 Å². The molecule has 0 amide bonds. The Labute approximate surface area is 103 Å². The number of aromatic hydroxyl groups is 1. The van der Waals surface area contributed by atoms with Crippen LogP contribution in [0.1, 0.15) is 5.56 Å². The summed E-state index contributed by atoms with van der Waals surface area (Å²) in [6, 6.07) is 1.98. The van der Waals surface area contributed by atoms with Crippen LogP contribution < -0.4 is 5.73 Å². The lowest BCUT2D eigenvalue weighted by Gasteiger charge is -2.11. The van der Waals surface area contributed by atoms with Crippen molar-refractivity contribution >= 4 is 29.2 Å². The summed E-state index contributed by atoms with van der Waals surface area (Å²) in [7, 11) is 1.26. The van der Waals surface area contributed by atoms with Crippen LogP contribution in [-0.2, 0) is 16.0 Å². The molecule has 0 radical (unpaired) electrons. The maximum Gasteiger partial charge on any atom is 0.322 e. The molecule has 88 valence electrons. The standard InChI is InChI=1S/C10H11Cl2NO3/c1-16-10(15)8(13)3-5-2-7(12)9(14)4-6(5)11/h2,4,8,14H,3,13H2,1H3/t8-/m0/s1. The van der Waals surface area contributed by atoms with E-state index in [0.717, 1.165) is 0 Å². The fraction of sp³-hybridized carbons (Fsp3) is 0.300. The Morgan fingerprint density at radius 2 is 2.12 bits per heavy atom. The van der Waals surface area contributed by atoms with Gasteiger partial charge in [0.2, 0.25) is 0 Å². The number of hydrogen-bond acceptors (Lipinski definition) is 4. The number of phenolic OH excluding ortho intramolecular Hbond substituents is 1. The van der Waals surface area contributed by atoms with Crippen LogP contribution in [0.2, 0.25) is 10.0 Å². The molecule has 1 aromatic carbocycles. The molecule has 16 heavy (non-hydrogen) atoms. The van der Waals surface area contributed by atoms with E-state index in [9.17, 15) is 9.90 Å². The Balaban J connectivity index is 2.89. The fourth-order valence-corrected chi connectivity index (χ4v) is 1.63. The molecule has 0 aliphatic heterocycles. The Bertz CT molecular complexity index is 409. The first-order valence-electron chi connectivity index (χ1n) is 4.46. The summed E-state index contributed by atoms with van der Waals surface area (Å²) < 4.78 is 4.49. The number of phenols is 1. The number of rotatable bonds is 3. The highest BCUT2D eigenvalue weighted by atomic mass is 35.5. The molecule has 0 spiro atoms. The minimum absolute atomic E-state index is 0.109. The summed E-state index contributed by atoms with van der Waals surface area (Å²) in [4.78, 5) is 11.1. The van der Waals surface area contributed by atoms with Crippen LogP contribution in [0.4, 0.5) is 0 Å². The minimum atomic E-state index is -0.803. The number of esters is 1. The summed E-state index contributed by atoms with van der Waals surface area (Å²) in [5.74, 6) is -0.637. The molecule has 1 atom stereocenters. The van der Waals surface area contributed by atoms with Crippen molar-refractivity contribution in [3.63, 3.8) is 0 Å². The molecule has 1 aromatic rings. The largest absolute Gasteiger partial charge is 0.506 e. The first-order chi connectivity index (χ1) is 7.45. The van der Waals surface area contributed by atoms with Crippen molar-refractivity contribution in [3.05, 3.63) is 27.7 Å². The highest BCUT2D eigenvalue weighted by molar-refractivity contribution is 6.34. The van der Waals surface area contributed by atoms with Gasteiger partial charge in [-0.25, -0.2) is 0 Å². The van der Waals surface area contributed by atoms with Gasteiger partial charge in [0.05, 0.1) is 12.1 Å². The average molecular weight is 264 g/mol. The first kappa shape index (κ1) is 13.1. The Hall–Kier alpha value is -0.970. The number of carbonyl (C=O) groups is 1. The molecule has 4 nitrogen and oxygen atoms in total. The SMILES string of the molecule is COC(=O)[C@@H](N)Cc1cc(Cl)c(O)cc1Cl. The van der Waals surface area contributed by atoms with Crippen molar-refractivity contribution in [2.75, 3.05) is 7.11 Å². The number of carbonyl (C=O) groups excluding carboxylic acids is 1. The third-order valence-electron chi connectivity index (χ3n) is 2.06. The zero-order chi connectivity index (χ0) is 12.3. The van der Waals surface area contributed by atoms with E-state index in [1.165, 1.54) is 19.2 Å². The molecule has 0 fully saturated rings. The van der Waals surface area contributed by atoms with E-state index in [-0.39, 0.29) is 17.2 Å². The third kappa shape index (κ3) is 3.01. The summed E-state index contributed by atoms with van der Waals surface area (Å²) in [6.45, 7) is 0. The number of nitrogens with two attached hydrogens (primary N) is 1. The first-order valence-corrected chi connectivity index (χ1v) is 5.21. The molecule has 3 N–H and O–H groups in total. The van der Waals surface area contributed by atoms with Crippen LogP contribution in [0.5, 0.6) is 5.75 Å². The van der Waals surface area contributed by atoms with Crippen molar-refractivity contribution in [1.82, 2.24) is 0 Å². The highest BCUT2D eigenvalue weighted by Crippen LogP contribution is 2.30. The van der Waals surface area contributed by atoms with Crippen molar-refractivity contribution < 1.29 is 14.6 Å². The predicted octanol–water partition coefficient (Wildman–Crippen LogP) is 1.74. The number of ether oxygens (including phenoxy) is 1. The van der Waals surface area contributed by atoms with Crippen LogP contribution >= 0.6 is 23.2 Å². The highest BCUT2D eigenvalue weighted by Gasteiger charge is 2.17. The normalized spacial score (nSPS) is 12.2. The van der Waals surface area contributed by atoms with Gasteiger partial charge in [-0.3, -0.25) is 4.79 Å². The zero-order valence-corrected chi connectivity index (χ0v) is 10.0. The second-order valence-electron chi connectivity index (χ2n) is 3.23. The molecule has 0 aromatic heterocycles. The van der Waals surface area contributed by atoms with E-state index in [2.05, 4.69) is 4.74 Å². The number of hydrogen-bond donors (Lipinski definition) is 2. The number of halogens is 2. The smallest absolute Gasteiger partial charge is 0.322 e. The van der Waals surface area contributed by atoms with E-state index in [1.807, 2.05) is 0 Å². The van der Waals surface area contributed by atoms with Gasteiger partial charge in [-0.05, 0) is 18.1 Å². The van der Waals surface area contributed by atoms with E-state index < -0.39 is 12.0 Å². The average Bonchev–Trinajstić information content (AvgIpc) is 2.24. The van der Waals surface area contributed by atoms with Crippen LogP contribution in [-0.4, -0.2) is 24.2 Å². The molecule has 0 aliphatic rings. The molecule has 0 saturated carbocycles. The minimum Gasteiger partial charge on any atom is -0.506 e. The number of methoxy groups -OCH3 is 1. The second kappa shape index (κ2) is 5.39. The predicted molar refractivity (Wildman–Crippen MR) is 61.8 cm³/mol. The Kier molecular flexibility index (Phi) is 4.41. The Morgan fingerprint density at radius 3 is 2.69 bits per heavy atom. The molecule has 0 heterocycles. The number of benzene rings is 1. The summed E-state index contributed by atoms with van der Waals surface area (Å²) in [5, 5.41) is 9.74. The van der Waals surface area contributed by atoms with Crippen molar-refractivity contribution in [2.24, 2.45) is 5.73 Å². The van der Waals surface area contributed by atoms with Gasteiger partial charge in [0.1, 0.15) is 11.8 Å². The van der Waals surface area contributed by atoms with Gasteiger partial charge in [-0.15, -0.1) is 0 Å². The summed E-state index contributed by atoms with van der Waals surface area (Å²) >= 11 is 11.6. The lowest BCUT2D eigenvalue weighted by Crippen LogP contribution is -2.33. The molecular formula is C10H11Cl2NO3. The van der Waals surface area contributed by atoms with Crippen LogP contribution in [0.3, 0.4) is 0 Å². The van der Waals surface area contributed by atoms with Crippen molar-refractivity contribution in [1.29, 1.82) is 0 Å². The van der Waals surface area contributed by atoms with Crippen LogP contribution in [0, 0.1) is 0 Å². The molecule has 1 rings (SSSR count). The second-order valence-corrected chi connectivity index (χ2v) is 4.04. The zero-order valence-electron chi connectivity index (χ0n) is 8.54. The molecule has 0 unspecified atom stereocenters. The van der Waals surface area contributed by atoms with Crippen molar-refractivity contribution in [2.45, 2.75) is 12.5 Å². The van der Waals surface area contributed by atoms with Gasteiger partial charge in [0.15, 0.2) is 0 Å². The maximum absolute atomic E-state index is 11.1. The quantitative estimate of drug-likeness (QED) is 0.815. The van der Waals surface area contributed by atoms with E-state index in [1.54, 1.807) is 0 Å². The lowest BCUT2D eigenvalue weighted by atomic mass is 10.1. The monoisotopic (exact) mass is 263 g/mol. The van der Waals surface area contributed by atoms with Crippen molar-refractivity contribution in [3.8, 4) is 5.75 Å². The van der Waals surface area contributed by atoms with Gasteiger partial charge < -0.3 is 15.6 Å². The van der Waals surface area contributed by atoms with Gasteiger partial charge in [-0.2, -0.15) is 0 Å². The third-order valence-corrected chi connectivity index (χ3v) is 2.71. The Morgan fingerprint density at radius 1 is 1.50 bits per heavy atom. The molecule has 0 aliphatic carbocycles. The van der Waals surface area contributed by atoms with Gasteiger partial charge >= 0.3 is 5.97 Å². The molecule has 0 bridgehead atoms. The van der Waals surface area contributed by atoms with Gasteiger partial charge in [-0.1, -0.05) is 23.2 Å². The van der Waals surface area contributed by atoms with E-state index in [0.29, 0.717) is 10.6 Å². The summed E-state index contributed by atoms with van der Waals surface area (Å²) in [5.41, 5.74) is 6.16. The van der Waals surface area contributed by atoms with E-state index in [4.69, 9.17) is 28.9 Å². The molecule has 0 saturated heterocycles. The van der Waals surface area contributed by atoms with Gasteiger partial charge in [0.25, 0.3) is 0 Å². The van der Waals surface area contributed by atoms with E-state index >= 15 is 0 Å². The fourth-order valence-electron chi connectivity index (χ4n) is 1.21. The maximum atomic E-state index is 11.1. The summed E-state index contributed by atoms with van der Waals surface area (Å²) in [6.07, 6.45) is 0.200. The lowest BCUT2D eigenvalue weighted by molar-refractivity contribution is -0.142. The van der Waals surface area contributed by atoms with Crippen LogP contribution in [0.25, 0.3) is 0 Å². The topological polar surface area (TPSA) is 72.5 Å². The molecule has 6 heteroatoms.